The molecule has 0 spiro atoms. The Morgan fingerprint density at radius 2 is 1.10 bits per heavy atom. The highest BCUT2D eigenvalue weighted by Gasteiger charge is 2.38. The Morgan fingerprint density at radius 1 is 0.793 bits per heavy atom. The summed E-state index contributed by atoms with van der Waals surface area (Å²) >= 11 is 0. The Labute approximate surface area is 185 Å². The lowest BCUT2D eigenvalue weighted by molar-refractivity contribution is -0.169. The number of carbonyl (C=O) groups excluding carboxylic acids is 1. The lowest BCUT2D eigenvalue weighted by Crippen LogP contribution is -2.45. The van der Waals surface area contributed by atoms with Crippen LogP contribution in [0, 0.1) is 0 Å². The number of hydrogen-bond acceptors (Lipinski definition) is 5. The van der Waals surface area contributed by atoms with Crippen LogP contribution in [0.1, 0.15) is 88.0 Å². The van der Waals surface area contributed by atoms with Crippen LogP contribution in [0.25, 0.3) is 0 Å². The standard InChI is InChI=1S/C11H20O2.C9H16O2.C3H8O.ClH/c1-10(2)6-9(8-12-5)7-11(3,4)13-10;1-8(2)5-7(10)6-9(3,4)11-8;1-3-4-2;/h8H,6-7H2,1-5H3;5-6H2,1-4H3;3H2,1-2H3;1H. The van der Waals surface area contributed by atoms with Gasteiger partial charge in [0.25, 0.3) is 0 Å². The van der Waals surface area contributed by atoms with Crippen LogP contribution in [0.3, 0.4) is 0 Å². The van der Waals surface area contributed by atoms with Crippen LogP contribution in [0.4, 0.5) is 0 Å². The zero-order chi connectivity index (χ0) is 22.2. The first-order valence-corrected chi connectivity index (χ1v) is 10.2. The van der Waals surface area contributed by atoms with Crippen molar-refractivity contribution in [1.82, 2.24) is 0 Å². The number of methoxy groups -OCH3 is 2. The van der Waals surface area contributed by atoms with Crippen LogP contribution >= 0.6 is 12.4 Å². The molecule has 2 aliphatic heterocycles. The minimum absolute atomic E-state index is 0. The van der Waals surface area contributed by atoms with Gasteiger partial charge in [-0.1, -0.05) is 0 Å². The molecule has 2 fully saturated rings. The van der Waals surface area contributed by atoms with Crippen molar-refractivity contribution in [2.45, 2.75) is 110 Å². The predicted octanol–water partition coefficient (Wildman–Crippen LogP) is 5.88. The third-order valence-electron chi connectivity index (χ3n) is 4.23. The largest absolute Gasteiger partial charge is 0.504 e. The van der Waals surface area contributed by atoms with Gasteiger partial charge in [0.2, 0.25) is 0 Å². The maximum absolute atomic E-state index is 11.2. The molecule has 0 amide bonds. The first-order chi connectivity index (χ1) is 12.6. The molecule has 0 atom stereocenters. The quantitative estimate of drug-likeness (QED) is 0.505. The van der Waals surface area contributed by atoms with Gasteiger partial charge in [-0.15, -0.1) is 12.4 Å². The molecule has 0 unspecified atom stereocenters. The highest BCUT2D eigenvalue weighted by Crippen LogP contribution is 2.37. The van der Waals surface area contributed by atoms with E-state index >= 15 is 0 Å². The first-order valence-electron chi connectivity index (χ1n) is 10.2. The van der Waals surface area contributed by atoms with Crippen LogP contribution < -0.4 is 0 Å². The van der Waals surface area contributed by atoms with Gasteiger partial charge in [-0.2, -0.15) is 0 Å². The molecular formula is C23H45ClO5. The second-order valence-corrected chi connectivity index (χ2v) is 10.1. The van der Waals surface area contributed by atoms with E-state index in [9.17, 15) is 4.79 Å². The minimum atomic E-state index is -0.265. The van der Waals surface area contributed by atoms with E-state index < -0.39 is 0 Å². The summed E-state index contributed by atoms with van der Waals surface area (Å²) in [5.41, 5.74) is 0.680. The van der Waals surface area contributed by atoms with Crippen LogP contribution in [0.2, 0.25) is 0 Å². The fraction of sp³-hybridized carbons (Fsp3) is 0.870. The van der Waals surface area contributed by atoms with Gasteiger partial charge in [-0.3, -0.25) is 4.79 Å². The number of hydrogen-bond donors (Lipinski definition) is 0. The van der Waals surface area contributed by atoms with Crippen LogP contribution in [0.5, 0.6) is 0 Å². The highest BCUT2D eigenvalue weighted by molar-refractivity contribution is 5.85. The second-order valence-electron chi connectivity index (χ2n) is 10.1. The van der Waals surface area contributed by atoms with Gasteiger partial charge >= 0.3 is 0 Å². The van der Waals surface area contributed by atoms with Gasteiger partial charge in [-0.25, -0.2) is 0 Å². The number of ether oxygens (including phenoxy) is 4. The van der Waals surface area contributed by atoms with Crippen LogP contribution in [-0.2, 0) is 23.7 Å². The van der Waals surface area contributed by atoms with E-state index in [1.54, 1.807) is 14.2 Å². The van der Waals surface area contributed by atoms with E-state index in [0.717, 1.165) is 19.4 Å². The van der Waals surface area contributed by atoms with E-state index in [4.69, 9.17) is 14.2 Å². The lowest BCUT2D eigenvalue weighted by Gasteiger charge is -2.42. The third-order valence-corrected chi connectivity index (χ3v) is 4.23. The number of halogens is 1. The van der Waals surface area contributed by atoms with Crippen molar-refractivity contribution in [1.29, 1.82) is 0 Å². The van der Waals surface area contributed by atoms with E-state index in [2.05, 4.69) is 32.4 Å². The maximum atomic E-state index is 11.2. The molecule has 2 heterocycles. The third kappa shape index (κ3) is 14.1. The Balaban J connectivity index is 0. The minimum Gasteiger partial charge on any atom is -0.504 e. The SMILES string of the molecule is CC1(C)CC(=O)CC(C)(C)O1.CCOC.COC=C1CC(C)(C)OC(C)(C)C1.Cl. The van der Waals surface area contributed by atoms with Crippen molar-refractivity contribution in [3.05, 3.63) is 11.8 Å². The summed E-state index contributed by atoms with van der Waals surface area (Å²) in [6, 6.07) is 0. The number of carbonyl (C=O) groups is 1. The first kappa shape index (κ1) is 30.6. The monoisotopic (exact) mass is 436 g/mol. The Hall–Kier alpha value is -0.620. The van der Waals surface area contributed by atoms with E-state index in [-0.39, 0.29) is 34.8 Å². The van der Waals surface area contributed by atoms with Gasteiger partial charge in [0.1, 0.15) is 5.78 Å². The fourth-order valence-electron chi connectivity index (χ4n) is 4.06. The smallest absolute Gasteiger partial charge is 0.138 e. The maximum Gasteiger partial charge on any atom is 0.138 e. The summed E-state index contributed by atoms with van der Waals surface area (Å²) in [5.74, 6) is 0.311. The molecule has 0 bridgehead atoms. The molecule has 0 aliphatic carbocycles. The lowest BCUT2D eigenvalue weighted by atomic mass is 9.86. The molecule has 0 radical (unpaired) electrons. The van der Waals surface area contributed by atoms with Crippen molar-refractivity contribution in [3.8, 4) is 0 Å². The molecule has 2 rings (SSSR count). The molecule has 5 nitrogen and oxygen atoms in total. The molecule has 0 N–H and O–H groups in total. The molecule has 0 aromatic heterocycles. The zero-order valence-electron chi connectivity index (χ0n) is 20.6. The summed E-state index contributed by atoms with van der Waals surface area (Å²) in [6.45, 7) is 19.1. The molecule has 174 valence electrons. The number of rotatable bonds is 2. The summed E-state index contributed by atoms with van der Waals surface area (Å²) in [5, 5.41) is 0. The zero-order valence-corrected chi connectivity index (χ0v) is 21.4. The highest BCUT2D eigenvalue weighted by atomic mass is 35.5. The van der Waals surface area contributed by atoms with E-state index in [1.807, 2.05) is 40.9 Å². The molecule has 0 aromatic carbocycles. The van der Waals surface area contributed by atoms with Crippen LogP contribution in [0.15, 0.2) is 11.8 Å². The van der Waals surface area contributed by atoms with Gasteiger partial charge in [0.05, 0.1) is 35.8 Å². The Bertz CT molecular complexity index is 483. The van der Waals surface area contributed by atoms with Crippen molar-refractivity contribution >= 4 is 18.2 Å². The average Bonchev–Trinajstić information content (AvgIpc) is 2.41. The van der Waals surface area contributed by atoms with E-state index in [0.29, 0.717) is 18.6 Å². The molecule has 2 aliphatic rings. The van der Waals surface area contributed by atoms with Gasteiger partial charge < -0.3 is 18.9 Å². The van der Waals surface area contributed by atoms with Crippen molar-refractivity contribution in [2.75, 3.05) is 20.8 Å². The summed E-state index contributed by atoms with van der Waals surface area (Å²) in [7, 11) is 3.38. The van der Waals surface area contributed by atoms with Crippen molar-refractivity contribution in [2.24, 2.45) is 0 Å². The average molecular weight is 437 g/mol. The molecule has 6 heteroatoms. The van der Waals surface area contributed by atoms with E-state index in [1.165, 1.54) is 5.57 Å². The summed E-state index contributed by atoms with van der Waals surface area (Å²) in [6.07, 6.45) is 4.88. The van der Waals surface area contributed by atoms with Crippen LogP contribution in [-0.4, -0.2) is 49.0 Å². The normalized spacial score (nSPS) is 23.3. The summed E-state index contributed by atoms with van der Waals surface area (Å²) < 4.78 is 21.2. The summed E-state index contributed by atoms with van der Waals surface area (Å²) in [4.78, 5) is 11.2. The molecule has 29 heavy (non-hydrogen) atoms. The molecule has 2 saturated heterocycles. The second kappa shape index (κ2) is 12.3. The van der Waals surface area contributed by atoms with Gasteiger partial charge in [0.15, 0.2) is 0 Å². The predicted molar refractivity (Wildman–Crippen MR) is 122 cm³/mol. The Kier molecular flexibility index (Phi) is 13.0. The van der Waals surface area contributed by atoms with Crippen molar-refractivity contribution < 1.29 is 23.7 Å². The molecular weight excluding hydrogens is 392 g/mol. The van der Waals surface area contributed by atoms with Gasteiger partial charge in [0, 0.05) is 39.4 Å². The van der Waals surface area contributed by atoms with Crippen molar-refractivity contribution in [3.63, 3.8) is 0 Å². The molecule has 0 aromatic rings. The Morgan fingerprint density at radius 3 is 1.34 bits per heavy atom. The fourth-order valence-corrected chi connectivity index (χ4v) is 4.06. The number of Topliss-reactive ketones (excluding diaryl/α,β-unsaturated/α-hetero) is 1. The number of ketones is 1. The topological polar surface area (TPSA) is 54.0 Å². The molecule has 0 saturated carbocycles. The van der Waals surface area contributed by atoms with Gasteiger partial charge in [-0.05, 0) is 67.9 Å².